The van der Waals surface area contributed by atoms with Crippen molar-refractivity contribution >= 4 is 11.9 Å². The summed E-state index contributed by atoms with van der Waals surface area (Å²) in [6.45, 7) is 8.43. The molecule has 1 aromatic rings. The molecule has 0 fully saturated rings. The topological polar surface area (TPSA) is 63.6 Å². The van der Waals surface area contributed by atoms with Crippen molar-refractivity contribution < 1.29 is 19.4 Å². The molecule has 17 heavy (non-hydrogen) atoms. The Kier molecular flexibility index (Phi) is 3.68. The van der Waals surface area contributed by atoms with Gasteiger partial charge in [-0.15, -0.1) is 0 Å². The summed E-state index contributed by atoms with van der Waals surface area (Å²) in [5.41, 5.74) is 1.69. The van der Waals surface area contributed by atoms with Gasteiger partial charge in [-0.3, -0.25) is 0 Å². The van der Waals surface area contributed by atoms with Gasteiger partial charge in [0.25, 0.3) is 0 Å². The lowest BCUT2D eigenvalue weighted by Crippen LogP contribution is -2.11. The van der Waals surface area contributed by atoms with E-state index in [2.05, 4.69) is 6.58 Å². The van der Waals surface area contributed by atoms with Crippen LogP contribution >= 0.6 is 0 Å². The Balaban J connectivity index is 3.14. The first-order valence-corrected chi connectivity index (χ1v) is 5.05. The number of hydrogen-bond donors (Lipinski definition) is 1. The molecule has 0 saturated carbocycles. The summed E-state index contributed by atoms with van der Waals surface area (Å²) in [4.78, 5) is 22.2. The van der Waals surface area contributed by atoms with E-state index in [0.717, 1.165) is 0 Å². The van der Waals surface area contributed by atoms with Crippen molar-refractivity contribution in [3.63, 3.8) is 0 Å². The molecule has 0 heterocycles. The Hall–Kier alpha value is -2.10. The molecular formula is C13H14O4. The molecule has 0 unspecified atom stereocenters. The molecule has 0 spiro atoms. The number of hydrogen-bond acceptors (Lipinski definition) is 3. The molecule has 0 aliphatic rings. The van der Waals surface area contributed by atoms with Crippen LogP contribution in [0.5, 0.6) is 5.75 Å². The van der Waals surface area contributed by atoms with Gasteiger partial charge in [0.1, 0.15) is 5.75 Å². The quantitative estimate of drug-likeness (QED) is 0.495. The van der Waals surface area contributed by atoms with Crippen LogP contribution in [0.2, 0.25) is 0 Å². The number of carboxylic acids is 1. The Morgan fingerprint density at radius 1 is 1.24 bits per heavy atom. The molecule has 0 amide bonds. The highest BCUT2D eigenvalue weighted by molar-refractivity contribution is 5.91. The third kappa shape index (κ3) is 2.93. The molecular weight excluding hydrogens is 220 g/mol. The second-order valence-corrected chi connectivity index (χ2v) is 3.91. The SMILES string of the molecule is C=C(C)C(=O)Oc1c(C)cc(C(=O)O)cc1C. The standard InChI is InChI=1S/C13H14O4/c1-7(2)13(16)17-11-8(3)5-10(12(14)15)6-9(11)4/h5-6H,1H2,2-4H3,(H,14,15). The fraction of sp³-hybridized carbons (Fsp3) is 0.231. The zero-order chi connectivity index (χ0) is 13.2. The first kappa shape index (κ1) is 13.0. The highest BCUT2D eigenvalue weighted by Crippen LogP contribution is 2.25. The monoisotopic (exact) mass is 234 g/mol. The number of rotatable bonds is 3. The van der Waals surface area contributed by atoms with Gasteiger partial charge in [0, 0.05) is 5.57 Å². The van der Waals surface area contributed by atoms with Crippen LogP contribution in [0.1, 0.15) is 28.4 Å². The number of aryl methyl sites for hydroxylation is 2. The highest BCUT2D eigenvalue weighted by Gasteiger charge is 2.14. The molecule has 0 atom stereocenters. The summed E-state index contributed by atoms with van der Waals surface area (Å²) < 4.78 is 5.14. The van der Waals surface area contributed by atoms with Crippen molar-refractivity contribution in [2.45, 2.75) is 20.8 Å². The first-order valence-electron chi connectivity index (χ1n) is 5.05. The minimum absolute atomic E-state index is 0.176. The van der Waals surface area contributed by atoms with E-state index in [1.807, 2.05) is 0 Å². The Morgan fingerprint density at radius 2 is 1.71 bits per heavy atom. The van der Waals surface area contributed by atoms with Crippen LogP contribution in [0.25, 0.3) is 0 Å². The number of benzene rings is 1. The van der Waals surface area contributed by atoms with Gasteiger partial charge in [-0.25, -0.2) is 9.59 Å². The molecule has 4 nitrogen and oxygen atoms in total. The Labute approximate surface area is 99.5 Å². The third-order valence-corrected chi connectivity index (χ3v) is 2.25. The van der Waals surface area contributed by atoms with E-state index < -0.39 is 11.9 Å². The van der Waals surface area contributed by atoms with Crippen LogP contribution in [0.15, 0.2) is 24.3 Å². The Bertz CT molecular complexity index is 477. The molecule has 90 valence electrons. The van der Waals surface area contributed by atoms with Crippen molar-refractivity contribution in [1.82, 2.24) is 0 Å². The van der Waals surface area contributed by atoms with Crippen LogP contribution in [0, 0.1) is 13.8 Å². The minimum Gasteiger partial charge on any atom is -0.478 e. The molecule has 4 heteroatoms. The van der Waals surface area contributed by atoms with E-state index >= 15 is 0 Å². The van der Waals surface area contributed by atoms with E-state index in [9.17, 15) is 9.59 Å². The van der Waals surface area contributed by atoms with Crippen molar-refractivity contribution in [3.8, 4) is 5.75 Å². The lowest BCUT2D eigenvalue weighted by atomic mass is 10.1. The molecule has 1 N–H and O–H groups in total. The predicted molar refractivity (Wildman–Crippen MR) is 63.3 cm³/mol. The maximum Gasteiger partial charge on any atom is 0.338 e. The zero-order valence-electron chi connectivity index (χ0n) is 10.0. The van der Waals surface area contributed by atoms with E-state index in [1.165, 1.54) is 12.1 Å². The molecule has 0 bridgehead atoms. The van der Waals surface area contributed by atoms with Crippen LogP contribution in [-0.4, -0.2) is 17.0 Å². The number of aromatic carboxylic acids is 1. The molecule has 0 saturated heterocycles. The summed E-state index contributed by atoms with van der Waals surface area (Å²) in [6.07, 6.45) is 0. The van der Waals surface area contributed by atoms with Crippen molar-refractivity contribution in [3.05, 3.63) is 41.0 Å². The molecule has 0 aliphatic heterocycles. The average molecular weight is 234 g/mol. The summed E-state index contributed by atoms with van der Waals surface area (Å²) in [5, 5.41) is 8.87. The number of carbonyl (C=O) groups is 2. The van der Waals surface area contributed by atoms with Crippen molar-refractivity contribution in [2.24, 2.45) is 0 Å². The maximum atomic E-state index is 11.4. The summed E-state index contributed by atoms with van der Waals surface area (Å²) >= 11 is 0. The fourth-order valence-corrected chi connectivity index (χ4v) is 1.41. The minimum atomic E-state index is -1.01. The lowest BCUT2D eigenvalue weighted by Gasteiger charge is -2.11. The van der Waals surface area contributed by atoms with E-state index in [0.29, 0.717) is 22.4 Å². The van der Waals surface area contributed by atoms with Gasteiger partial charge in [-0.2, -0.15) is 0 Å². The van der Waals surface area contributed by atoms with E-state index in [4.69, 9.17) is 9.84 Å². The van der Waals surface area contributed by atoms with Crippen LogP contribution < -0.4 is 4.74 Å². The second kappa shape index (κ2) is 4.82. The van der Waals surface area contributed by atoms with Gasteiger partial charge in [0.2, 0.25) is 0 Å². The molecule has 0 aromatic heterocycles. The third-order valence-electron chi connectivity index (χ3n) is 2.25. The van der Waals surface area contributed by atoms with Crippen LogP contribution in [-0.2, 0) is 4.79 Å². The lowest BCUT2D eigenvalue weighted by molar-refractivity contribution is -0.130. The number of carbonyl (C=O) groups excluding carboxylic acids is 1. The summed E-state index contributed by atoms with van der Waals surface area (Å²) in [6, 6.07) is 2.94. The average Bonchev–Trinajstić information content (AvgIpc) is 2.22. The highest BCUT2D eigenvalue weighted by atomic mass is 16.5. The first-order chi connectivity index (χ1) is 7.82. The van der Waals surface area contributed by atoms with Gasteiger partial charge >= 0.3 is 11.9 Å². The van der Waals surface area contributed by atoms with Gasteiger partial charge in [-0.1, -0.05) is 6.58 Å². The van der Waals surface area contributed by atoms with Crippen molar-refractivity contribution in [1.29, 1.82) is 0 Å². The summed E-state index contributed by atoms with van der Waals surface area (Å²) in [5.74, 6) is -1.13. The summed E-state index contributed by atoms with van der Waals surface area (Å²) in [7, 11) is 0. The number of carboxylic acid groups (broad SMARTS) is 1. The zero-order valence-corrected chi connectivity index (χ0v) is 10.0. The van der Waals surface area contributed by atoms with Crippen LogP contribution in [0.4, 0.5) is 0 Å². The largest absolute Gasteiger partial charge is 0.478 e. The van der Waals surface area contributed by atoms with Crippen molar-refractivity contribution in [2.75, 3.05) is 0 Å². The van der Waals surface area contributed by atoms with Crippen LogP contribution in [0.3, 0.4) is 0 Å². The van der Waals surface area contributed by atoms with E-state index in [-0.39, 0.29) is 5.56 Å². The normalized spacial score (nSPS) is 9.82. The fourth-order valence-electron chi connectivity index (χ4n) is 1.41. The molecule has 0 aliphatic carbocycles. The molecule has 0 radical (unpaired) electrons. The number of ether oxygens (including phenoxy) is 1. The number of esters is 1. The van der Waals surface area contributed by atoms with Gasteiger partial charge in [-0.05, 0) is 44.0 Å². The second-order valence-electron chi connectivity index (χ2n) is 3.91. The van der Waals surface area contributed by atoms with Gasteiger partial charge in [0.15, 0.2) is 0 Å². The predicted octanol–water partition coefficient (Wildman–Crippen LogP) is 2.48. The van der Waals surface area contributed by atoms with E-state index in [1.54, 1.807) is 20.8 Å². The van der Waals surface area contributed by atoms with Gasteiger partial charge in [0.05, 0.1) is 5.56 Å². The molecule has 1 aromatic carbocycles. The van der Waals surface area contributed by atoms with Gasteiger partial charge < -0.3 is 9.84 Å². The molecule has 1 rings (SSSR count). The maximum absolute atomic E-state index is 11.4. The Morgan fingerprint density at radius 3 is 2.06 bits per heavy atom. The smallest absolute Gasteiger partial charge is 0.338 e.